The lowest BCUT2D eigenvalue weighted by atomic mass is 9.86. The first-order valence-corrected chi connectivity index (χ1v) is 8.74. The van der Waals surface area contributed by atoms with Crippen LogP contribution in [0, 0.1) is 0 Å². The Bertz CT molecular complexity index is 602. The highest BCUT2D eigenvalue weighted by Gasteiger charge is 2.25. The molecule has 1 aliphatic heterocycles. The SMILES string of the molecule is CCOC(=O)N1CCN(C(=O)COc2ccccc2C(C)(C)C)CC1. The molecule has 6 nitrogen and oxygen atoms in total. The van der Waals surface area contributed by atoms with Crippen LogP contribution in [0.1, 0.15) is 33.3 Å². The number of benzene rings is 1. The molecule has 1 heterocycles. The van der Waals surface area contributed by atoms with E-state index in [0.29, 0.717) is 32.8 Å². The molecule has 1 aliphatic rings. The zero-order chi connectivity index (χ0) is 18.4. The van der Waals surface area contributed by atoms with Gasteiger partial charge in [0.2, 0.25) is 0 Å². The van der Waals surface area contributed by atoms with Crippen LogP contribution in [0.4, 0.5) is 4.79 Å². The maximum Gasteiger partial charge on any atom is 0.409 e. The summed E-state index contributed by atoms with van der Waals surface area (Å²) in [6, 6.07) is 7.81. The van der Waals surface area contributed by atoms with Crippen LogP contribution in [0.5, 0.6) is 5.75 Å². The van der Waals surface area contributed by atoms with Gasteiger partial charge < -0.3 is 19.3 Å². The Morgan fingerprint density at radius 3 is 2.24 bits per heavy atom. The van der Waals surface area contributed by atoms with E-state index in [2.05, 4.69) is 20.8 Å². The van der Waals surface area contributed by atoms with Crippen molar-refractivity contribution in [2.75, 3.05) is 39.4 Å². The van der Waals surface area contributed by atoms with Crippen LogP contribution in [0.2, 0.25) is 0 Å². The Labute approximate surface area is 149 Å². The average Bonchev–Trinajstić information content (AvgIpc) is 2.59. The zero-order valence-electron chi connectivity index (χ0n) is 15.6. The molecule has 0 spiro atoms. The average molecular weight is 348 g/mol. The number of ether oxygens (including phenoxy) is 2. The van der Waals surface area contributed by atoms with E-state index in [1.54, 1.807) is 16.7 Å². The zero-order valence-corrected chi connectivity index (χ0v) is 15.6. The van der Waals surface area contributed by atoms with Gasteiger partial charge in [0, 0.05) is 26.2 Å². The van der Waals surface area contributed by atoms with Gasteiger partial charge in [-0.15, -0.1) is 0 Å². The van der Waals surface area contributed by atoms with Gasteiger partial charge in [-0.2, -0.15) is 0 Å². The Morgan fingerprint density at radius 2 is 1.64 bits per heavy atom. The fourth-order valence-electron chi connectivity index (χ4n) is 2.80. The molecule has 25 heavy (non-hydrogen) atoms. The molecule has 0 unspecified atom stereocenters. The lowest BCUT2D eigenvalue weighted by molar-refractivity contribution is -0.135. The molecule has 1 fully saturated rings. The molecule has 0 atom stereocenters. The lowest BCUT2D eigenvalue weighted by Gasteiger charge is -2.34. The van der Waals surface area contributed by atoms with E-state index in [0.717, 1.165) is 11.3 Å². The normalized spacial score (nSPS) is 15.0. The molecule has 0 saturated carbocycles. The number of hydrogen-bond donors (Lipinski definition) is 0. The number of carbonyl (C=O) groups is 2. The van der Waals surface area contributed by atoms with E-state index in [9.17, 15) is 9.59 Å². The molecule has 138 valence electrons. The summed E-state index contributed by atoms with van der Waals surface area (Å²) in [6.07, 6.45) is -0.315. The van der Waals surface area contributed by atoms with Crippen molar-refractivity contribution in [2.24, 2.45) is 0 Å². The minimum atomic E-state index is -0.315. The van der Waals surface area contributed by atoms with Gasteiger partial charge in [-0.05, 0) is 24.0 Å². The van der Waals surface area contributed by atoms with Gasteiger partial charge in [-0.3, -0.25) is 4.79 Å². The molecular weight excluding hydrogens is 320 g/mol. The van der Waals surface area contributed by atoms with E-state index in [1.165, 1.54) is 0 Å². The largest absolute Gasteiger partial charge is 0.483 e. The topological polar surface area (TPSA) is 59.1 Å². The second-order valence-corrected chi connectivity index (χ2v) is 7.10. The molecule has 0 aliphatic carbocycles. The second kappa shape index (κ2) is 8.23. The van der Waals surface area contributed by atoms with E-state index < -0.39 is 0 Å². The molecule has 0 bridgehead atoms. The molecule has 1 aromatic rings. The van der Waals surface area contributed by atoms with Crippen molar-refractivity contribution >= 4 is 12.0 Å². The van der Waals surface area contributed by atoms with E-state index in [1.807, 2.05) is 24.3 Å². The van der Waals surface area contributed by atoms with Gasteiger partial charge in [-0.1, -0.05) is 39.0 Å². The highest BCUT2D eigenvalue weighted by molar-refractivity contribution is 5.78. The first-order valence-electron chi connectivity index (χ1n) is 8.74. The van der Waals surface area contributed by atoms with Crippen LogP contribution in [-0.2, 0) is 14.9 Å². The van der Waals surface area contributed by atoms with E-state index in [4.69, 9.17) is 9.47 Å². The number of nitrogens with zero attached hydrogens (tertiary/aromatic N) is 2. The van der Waals surface area contributed by atoms with Gasteiger partial charge in [0.05, 0.1) is 6.61 Å². The van der Waals surface area contributed by atoms with Crippen molar-refractivity contribution in [3.8, 4) is 5.75 Å². The van der Waals surface area contributed by atoms with Crippen LogP contribution in [0.3, 0.4) is 0 Å². The predicted molar refractivity (Wildman–Crippen MR) is 95.8 cm³/mol. The third-order valence-corrected chi connectivity index (χ3v) is 4.20. The fraction of sp³-hybridized carbons (Fsp3) is 0.579. The minimum absolute atomic E-state index is 0.00645. The molecule has 2 rings (SSSR count). The number of hydrogen-bond acceptors (Lipinski definition) is 4. The smallest absolute Gasteiger partial charge is 0.409 e. The Balaban J connectivity index is 1.87. The molecule has 1 aromatic carbocycles. The summed E-state index contributed by atoms with van der Waals surface area (Å²) < 4.78 is 10.8. The number of para-hydroxylation sites is 1. The Hall–Kier alpha value is -2.24. The lowest BCUT2D eigenvalue weighted by Crippen LogP contribution is -2.51. The molecule has 0 N–H and O–H groups in total. The first kappa shape index (κ1) is 19.1. The van der Waals surface area contributed by atoms with Gasteiger partial charge in [0.15, 0.2) is 6.61 Å². The van der Waals surface area contributed by atoms with Crippen LogP contribution < -0.4 is 4.74 Å². The molecule has 0 aromatic heterocycles. The molecule has 0 radical (unpaired) electrons. The summed E-state index contributed by atoms with van der Waals surface area (Å²) in [5, 5.41) is 0. The summed E-state index contributed by atoms with van der Waals surface area (Å²) in [4.78, 5) is 27.5. The minimum Gasteiger partial charge on any atom is -0.483 e. The van der Waals surface area contributed by atoms with Crippen LogP contribution in [-0.4, -0.2) is 61.2 Å². The number of amides is 2. The van der Waals surface area contributed by atoms with Crippen molar-refractivity contribution < 1.29 is 19.1 Å². The van der Waals surface area contributed by atoms with Crippen LogP contribution in [0.25, 0.3) is 0 Å². The van der Waals surface area contributed by atoms with Crippen molar-refractivity contribution in [1.29, 1.82) is 0 Å². The molecule has 1 saturated heterocycles. The standard InChI is InChI=1S/C19H28N2O4/c1-5-24-18(23)21-12-10-20(11-13-21)17(22)14-25-16-9-7-6-8-15(16)19(2,3)4/h6-9H,5,10-14H2,1-4H3. The summed E-state index contributed by atoms with van der Waals surface area (Å²) in [7, 11) is 0. The summed E-state index contributed by atoms with van der Waals surface area (Å²) in [5.74, 6) is 0.681. The van der Waals surface area contributed by atoms with Gasteiger partial charge in [-0.25, -0.2) is 4.79 Å². The second-order valence-electron chi connectivity index (χ2n) is 7.10. The molecule has 6 heteroatoms. The number of rotatable bonds is 4. The van der Waals surface area contributed by atoms with Crippen LogP contribution >= 0.6 is 0 Å². The van der Waals surface area contributed by atoms with E-state index >= 15 is 0 Å². The van der Waals surface area contributed by atoms with Gasteiger partial charge in [0.1, 0.15) is 5.75 Å². The van der Waals surface area contributed by atoms with Gasteiger partial charge in [0.25, 0.3) is 5.91 Å². The maximum atomic E-state index is 12.4. The Morgan fingerprint density at radius 1 is 1.04 bits per heavy atom. The van der Waals surface area contributed by atoms with Crippen molar-refractivity contribution in [2.45, 2.75) is 33.1 Å². The number of piperazine rings is 1. The summed E-state index contributed by atoms with van der Waals surface area (Å²) in [5.41, 5.74) is 1.03. The van der Waals surface area contributed by atoms with Crippen molar-refractivity contribution in [1.82, 2.24) is 9.80 Å². The first-order chi connectivity index (χ1) is 11.8. The van der Waals surface area contributed by atoms with Crippen molar-refractivity contribution in [3.05, 3.63) is 29.8 Å². The highest BCUT2D eigenvalue weighted by Crippen LogP contribution is 2.30. The third kappa shape index (κ3) is 5.11. The van der Waals surface area contributed by atoms with E-state index in [-0.39, 0.29) is 24.0 Å². The highest BCUT2D eigenvalue weighted by atomic mass is 16.6. The number of carbonyl (C=O) groups excluding carboxylic acids is 2. The Kier molecular flexibility index (Phi) is 6.28. The summed E-state index contributed by atoms with van der Waals surface area (Å²) in [6.45, 7) is 10.5. The quantitative estimate of drug-likeness (QED) is 0.839. The molecule has 2 amide bonds. The fourth-order valence-corrected chi connectivity index (χ4v) is 2.80. The monoisotopic (exact) mass is 348 g/mol. The van der Waals surface area contributed by atoms with Gasteiger partial charge >= 0.3 is 6.09 Å². The maximum absolute atomic E-state index is 12.4. The predicted octanol–water partition coefficient (Wildman–Crippen LogP) is 2.66. The van der Waals surface area contributed by atoms with Crippen LogP contribution in [0.15, 0.2) is 24.3 Å². The molecular formula is C19H28N2O4. The van der Waals surface area contributed by atoms with Crippen molar-refractivity contribution in [3.63, 3.8) is 0 Å². The summed E-state index contributed by atoms with van der Waals surface area (Å²) >= 11 is 0. The third-order valence-electron chi connectivity index (χ3n) is 4.20.